The van der Waals surface area contributed by atoms with Gasteiger partial charge in [0.05, 0.1) is 0 Å². The Morgan fingerprint density at radius 2 is 1.58 bits per heavy atom. The number of carbonyl (C=O) groups is 1. The van der Waals surface area contributed by atoms with E-state index in [1.165, 1.54) is 5.69 Å². The molecule has 0 radical (unpaired) electrons. The molecule has 126 valence electrons. The van der Waals surface area contributed by atoms with Gasteiger partial charge in [0.15, 0.2) is 0 Å². The number of nitrogens with zero attached hydrogens (tertiary/aromatic N) is 1. The fourth-order valence-corrected chi connectivity index (χ4v) is 3.17. The van der Waals surface area contributed by atoms with Crippen LogP contribution in [0.1, 0.15) is 25.3 Å². The number of para-hydroxylation sites is 1. The summed E-state index contributed by atoms with van der Waals surface area (Å²) in [6.07, 6.45) is 1.87. The van der Waals surface area contributed by atoms with Crippen LogP contribution in [-0.2, 0) is 10.3 Å². The number of rotatable bonds is 4. The molecule has 24 heavy (non-hydrogen) atoms. The zero-order valence-corrected chi connectivity index (χ0v) is 14.1. The summed E-state index contributed by atoms with van der Waals surface area (Å²) >= 11 is 0. The van der Waals surface area contributed by atoms with Crippen LogP contribution >= 0.6 is 0 Å². The third-order valence-electron chi connectivity index (χ3n) is 4.80. The summed E-state index contributed by atoms with van der Waals surface area (Å²) in [5, 5.41) is 3.14. The molecule has 0 bridgehead atoms. The molecular weight excluding hydrogens is 298 g/mol. The lowest BCUT2D eigenvalue weighted by Crippen LogP contribution is -2.54. The quantitative estimate of drug-likeness (QED) is 0.909. The van der Waals surface area contributed by atoms with Gasteiger partial charge >= 0.3 is 0 Å². The molecule has 2 aromatic carbocycles. The lowest BCUT2D eigenvalue weighted by atomic mass is 9.91. The van der Waals surface area contributed by atoms with Gasteiger partial charge in [-0.05, 0) is 37.5 Å². The molecule has 3 rings (SSSR count). The molecule has 1 amide bonds. The summed E-state index contributed by atoms with van der Waals surface area (Å²) in [7, 11) is 0. The van der Waals surface area contributed by atoms with Crippen LogP contribution in [0, 0.1) is 0 Å². The van der Waals surface area contributed by atoms with E-state index in [0.717, 1.165) is 31.5 Å². The summed E-state index contributed by atoms with van der Waals surface area (Å²) in [5.74, 6) is -0.105. The van der Waals surface area contributed by atoms with Gasteiger partial charge in [0.2, 0.25) is 5.91 Å². The maximum atomic E-state index is 12.6. The zero-order valence-electron chi connectivity index (χ0n) is 14.1. The monoisotopic (exact) mass is 323 g/mol. The van der Waals surface area contributed by atoms with Crippen molar-refractivity contribution in [3.8, 4) is 0 Å². The zero-order chi connectivity index (χ0) is 17.0. The Morgan fingerprint density at radius 3 is 2.17 bits per heavy atom. The van der Waals surface area contributed by atoms with Crippen LogP contribution in [0.15, 0.2) is 60.7 Å². The fraction of sp³-hybridized carbons (Fsp3) is 0.350. The molecule has 1 saturated heterocycles. The minimum Gasteiger partial charge on any atom is -0.371 e. The van der Waals surface area contributed by atoms with Crippen LogP contribution in [0.4, 0.5) is 5.69 Å². The van der Waals surface area contributed by atoms with E-state index in [0.29, 0.717) is 0 Å². The SMILES string of the molecule is CC(N)(C(=O)NC1CCN(c2ccccc2)CC1)c1ccccc1. The first-order chi connectivity index (χ1) is 11.6. The highest BCUT2D eigenvalue weighted by Crippen LogP contribution is 2.21. The molecule has 3 N–H and O–H groups in total. The van der Waals surface area contributed by atoms with Gasteiger partial charge in [0, 0.05) is 24.8 Å². The van der Waals surface area contributed by atoms with Gasteiger partial charge in [-0.2, -0.15) is 0 Å². The molecule has 1 aliphatic heterocycles. The van der Waals surface area contributed by atoms with Crippen molar-refractivity contribution in [3.63, 3.8) is 0 Å². The largest absolute Gasteiger partial charge is 0.371 e. The van der Waals surface area contributed by atoms with Crippen LogP contribution < -0.4 is 16.0 Å². The number of anilines is 1. The molecular formula is C20H25N3O. The topological polar surface area (TPSA) is 58.4 Å². The average molecular weight is 323 g/mol. The Labute approximate surface area is 143 Å². The minimum atomic E-state index is -1.00. The van der Waals surface area contributed by atoms with E-state index in [2.05, 4.69) is 34.5 Å². The van der Waals surface area contributed by atoms with E-state index in [1.54, 1.807) is 6.92 Å². The lowest BCUT2D eigenvalue weighted by Gasteiger charge is -2.35. The highest BCUT2D eigenvalue weighted by atomic mass is 16.2. The lowest BCUT2D eigenvalue weighted by molar-refractivity contribution is -0.127. The summed E-state index contributed by atoms with van der Waals surface area (Å²) in [6.45, 7) is 3.67. The van der Waals surface area contributed by atoms with E-state index in [9.17, 15) is 4.79 Å². The van der Waals surface area contributed by atoms with Gasteiger partial charge in [-0.15, -0.1) is 0 Å². The van der Waals surface area contributed by atoms with Crippen LogP contribution in [0.3, 0.4) is 0 Å². The normalized spacial score (nSPS) is 18.0. The standard InChI is InChI=1S/C20H25N3O/c1-20(21,16-8-4-2-5-9-16)19(24)22-17-12-14-23(15-13-17)18-10-6-3-7-11-18/h2-11,17H,12-15,21H2,1H3,(H,22,24). The Kier molecular flexibility index (Phi) is 4.86. The molecule has 4 nitrogen and oxygen atoms in total. The van der Waals surface area contributed by atoms with Crippen molar-refractivity contribution in [1.82, 2.24) is 5.32 Å². The number of hydrogen-bond acceptors (Lipinski definition) is 3. The van der Waals surface area contributed by atoms with Crippen molar-refractivity contribution in [1.29, 1.82) is 0 Å². The van der Waals surface area contributed by atoms with Crippen molar-refractivity contribution in [2.45, 2.75) is 31.3 Å². The van der Waals surface area contributed by atoms with Gasteiger partial charge < -0.3 is 16.0 Å². The number of nitrogens with one attached hydrogen (secondary N) is 1. The smallest absolute Gasteiger partial charge is 0.244 e. The molecule has 1 atom stereocenters. The molecule has 1 unspecified atom stereocenters. The predicted molar refractivity (Wildman–Crippen MR) is 97.8 cm³/mol. The Hall–Kier alpha value is -2.33. The van der Waals surface area contributed by atoms with Crippen molar-refractivity contribution in [2.75, 3.05) is 18.0 Å². The molecule has 0 spiro atoms. The van der Waals surface area contributed by atoms with E-state index in [4.69, 9.17) is 5.73 Å². The fourth-order valence-electron chi connectivity index (χ4n) is 3.17. The van der Waals surface area contributed by atoms with Crippen LogP contribution in [0.25, 0.3) is 0 Å². The van der Waals surface area contributed by atoms with Crippen LogP contribution in [-0.4, -0.2) is 25.0 Å². The Bertz CT molecular complexity index is 662. The molecule has 0 aliphatic carbocycles. The van der Waals surface area contributed by atoms with Gasteiger partial charge in [-0.3, -0.25) is 4.79 Å². The number of piperidine rings is 1. The van der Waals surface area contributed by atoms with Gasteiger partial charge in [-0.1, -0.05) is 48.5 Å². The summed E-state index contributed by atoms with van der Waals surface area (Å²) in [4.78, 5) is 15.0. The molecule has 1 heterocycles. The summed E-state index contributed by atoms with van der Waals surface area (Å²) in [5.41, 5.74) is 7.38. The summed E-state index contributed by atoms with van der Waals surface area (Å²) < 4.78 is 0. The van der Waals surface area contributed by atoms with Gasteiger partial charge in [0.25, 0.3) is 0 Å². The third kappa shape index (κ3) is 3.60. The molecule has 4 heteroatoms. The highest BCUT2D eigenvalue weighted by Gasteiger charge is 2.32. The molecule has 1 aliphatic rings. The van der Waals surface area contributed by atoms with Gasteiger partial charge in [-0.25, -0.2) is 0 Å². The van der Waals surface area contributed by atoms with Gasteiger partial charge in [0.1, 0.15) is 5.54 Å². The number of benzene rings is 2. The number of hydrogen-bond donors (Lipinski definition) is 2. The van der Waals surface area contributed by atoms with Crippen LogP contribution in [0.2, 0.25) is 0 Å². The minimum absolute atomic E-state index is 0.105. The van der Waals surface area contributed by atoms with E-state index in [1.807, 2.05) is 36.4 Å². The maximum absolute atomic E-state index is 12.6. The second-order valence-electron chi connectivity index (χ2n) is 6.64. The third-order valence-corrected chi connectivity index (χ3v) is 4.80. The van der Waals surface area contributed by atoms with Crippen molar-refractivity contribution in [2.24, 2.45) is 5.73 Å². The molecule has 2 aromatic rings. The maximum Gasteiger partial charge on any atom is 0.244 e. The highest BCUT2D eigenvalue weighted by molar-refractivity contribution is 5.87. The van der Waals surface area contributed by atoms with Crippen molar-refractivity contribution >= 4 is 11.6 Å². The first kappa shape index (κ1) is 16.5. The van der Waals surface area contributed by atoms with Crippen molar-refractivity contribution in [3.05, 3.63) is 66.2 Å². The van der Waals surface area contributed by atoms with E-state index >= 15 is 0 Å². The second kappa shape index (κ2) is 7.05. The predicted octanol–water partition coefficient (Wildman–Crippen LogP) is 2.65. The molecule has 0 saturated carbocycles. The van der Waals surface area contributed by atoms with E-state index < -0.39 is 5.54 Å². The first-order valence-corrected chi connectivity index (χ1v) is 8.53. The first-order valence-electron chi connectivity index (χ1n) is 8.53. The Morgan fingerprint density at radius 1 is 1.04 bits per heavy atom. The molecule has 0 aromatic heterocycles. The average Bonchev–Trinajstić information content (AvgIpc) is 2.64. The van der Waals surface area contributed by atoms with E-state index in [-0.39, 0.29) is 11.9 Å². The number of carbonyl (C=O) groups excluding carboxylic acids is 1. The Balaban J connectivity index is 1.57. The van der Waals surface area contributed by atoms with Crippen molar-refractivity contribution < 1.29 is 4.79 Å². The molecule has 1 fully saturated rings. The number of nitrogens with two attached hydrogens (primary N) is 1. The van der Waals surface area contributed by atoms with Crippen LogP contribution in [0.5, 0.6) is 0 Å². The summed E-state index contributed by atoms with van der Waals surface area (Å²) in [6, 6.07) is 20.1. The number of amides is 1. The second-order valence-corrected chi connectivity index (χ2v) is 6.64.